The molecule has 0 amide bonds. The molecule has 0 unspecified atom stereocenters. The van der Waals surface area contributed by atoms with Gasteiger partial charge in [-0.15, -0.1) is 21.5 Å². The van der Waals surface area contributed by atoms with Crippen LogP contribution in [-0.4, -0.2) is 42.3 Å². The zero-order valence-corrected chi connectivity index (χ0v) is 14.1. The van der Waals surface area contributed by atoms with Gasteiger partial charge in [-0.25, -0.2) is 12.7 Å². The molecule has 0 bridgehead atoms. The van der Waals surface area contributed by atoms with Crippen molar-refractivity contribution in [3.8, 4) is 0 Å². The second kappa shape index (κ2) is 6.44. The molecule has 1 aromatic heterocycles. The van der Waals surface area contributed by atoms with Gasteiger partial charge in [0.05, 0.1) is 6.26 Å². The van der Waals surface area contributed by atoms with Crippen LogP contribution in [0.5, 0.6) is 0 Å². The van der Waals surface area contributed by atoms with E-state index in [9.17, 15) is 8.42 Å². The molecule has 1 fully saturated rings. The van der Waals surface area contributed by atoms with Gasteiger partial charge in [0, 0.05) is 25.4 Å². The maximum absolute atomic E-state index is 11.7. The van der Waals surface area contributed by atoms with Crippen LogP contribution < -0.4 is 0 Å². The highest BCUT2D eigenvalue weighted by atomic mass is 32.2. The zero-order valence-electron chi connectivity index (χ0n) is 12.5. The minimum atomic E-state index is -3.12. The van der Waals surface area contributed by atoms with Crippen molar-refractivity contribution in [1.29, 1.82) is 0 Å². The van der Waals surface area contributed by atoms with Crippen LogP contribution in [0.3, 0.4) is 0 Å². The lowest BCUT2D eigenvalue weighted by molar-refractivity contribution is 0.316. The van der Waals surface area contributed by atoms with Crippen LogP contribution >= 0.6 is 11.3 Å². The second-order valence-corrected chi connectivity index (χ2v) is 8.73. The van der Waals surface area contributed by atoms with Crippen molar-refractivity contribution in [2.75, 3.05) is 19.3 Å². The van der Waals surface area contributed by atoms with Crippen molar-refractivity contribution in [1.82, 2.24) is 14.5 Å². The summed E-state index contributed by atoms with van der Waals surface area (Å²) in [5, 5.41) is 10.5. The van der Waals surface area contributed by atoms with E-state index in [4.69, 9.17) is 0 Å². The number of aromatic nitrogens is 2. The third-order valence-electron chi connectivity index (χ3n) is 3.88. The second-order valence-electron chi connectivity index (χ2n) is 5.66. The van der Waals surface area contributed by atoms with Crippen molar-refractivity contribution in [2.24, 2.45) is 0 Å². The Morgan fingerprint density at radius 2 is 2.05 bits per heavy atom. The van der Waals surface area contributed by atoms with Gasteiger partial charge in [0.2, 0.25) is 10.0 Å². The van der Waals surface area contributed by atoms with Gasteiger partial charge in [0.25, 0.3) is 0 Å². The molecule has 1 saturated heterocycles. The lowest BCUT2D eigenvalue weighted by Crippen LogP contribution is -2.38. The van der Waals surface area contributed by atoms with Gasteiger partial charge in [-0.2, -0.15) is 0 Å². The summed E-state index contributed by atoms with van der Waals surface area (Å²) in [5.74, 6) is 0.172. The van der Waals surface area contributed by atoms with Gasteiger partial charge < -0.3 is 0 Å². The van der Waals surface area contributed by atoms with Crippen LogP contribution in [0.2, 0.25) is 0 Å². The average Bonchev–Trinajstić information content (AvgIpc) is 2.96. The van der Waals surface area contributed by atoms with E-state index in [-0.39, 0.29) is 5.92 Å². The van der Waals surface area contributed by atoms with E-state index in [1.165, 1.54) is 11.8 Å². The Balaban J connectivity index is 1.71. The first-order valence-electron chi connectivity index (χ1n) is 7.34. The van der Waals surface area contributed by atoms with Crippen LogP contribution in [0, 0.1) is 0 Å². The first-order chi connectivity index (χ1) is 10.5. The molecular weight excluding hydrogens is 318 g/mol. The fraction of sp³-hybridized carbons (Fsp3) is 0.467. The molecular formula is C15H19N3O2S2. The molecule has 22 heavy (non-hydrogen) atoms. The molecule has 0 saturated carbocycles. The van der Waals surface area contributed by atoms with E-state index in [0.29, 0.717) is 13.1 Å². The van der Waals surface area contributed by atoms with Gasteiger partial charge in [0.15, 0.2) is 0 Å². The van der Waals surface area contributed by atoms with E-state index >= 15 is 0 Å². The normalized spacial score (nSPS) is 20.1. The van der Waals surface area contributed by atoms with Gasteiger partial charge in [0.1, 0.15) is 10.0 Å². The summed E-state index contributed by atoms with van der Waals surface area (Å²) in [6.07, 6.45) is 3.91. The highest BCUT2D eigenvalue weighted by Crippen LogP contribution is 2.30. The summed E-state index contributed by atoms with van der Waals surface area (Å²) in [6.45, 7) is 1.14. The molecule has 1 aromatic carbocycles. The third kappa shape index (κ3) is 3.71. The number of benzene rings is 1. The van der Waals surface area contributed by atoms with E-state index in [2.05, 4.69) is 22.3 Å². The minimum absolute atomic E-state index is 0.172. The van der Waals surface area contributed by atoms with Crippen molar-refractivity contribution in [3.63, 3.8) is 0 Å². The van der Waals surface area contributed by atoms with Gasteiger partial charge >= 0.3 is 0 Å². The van der Waals surface area contributed by atoms with E-state index in [1.54, 1.807) is 15.6 Å². The standard InChI is InChI=1S/C15H19N3O2S2/c1-22(19,20)18-9-5-8-13(11-18)15-17-16-14(21-15)10-12-6-3-2-4-7-12/h2-4,6-7,13H,5,8-11H2,1H3/t13-/m1/s1. The molecule has 0 radical (unpaired) electrons. The summed E-state index contributed by atoms with van der Waals surface area (Å²) in [6, 6.07) is 10.2. The topological polar surface area (TPSA) is 63.2 Å². The minimum Gasteiger partial charge on any atom is -0.213 e. The lowest BCUT2D eigenvalue weighted by Gasteiger charge is -2.29. The Bertz CT molecular complexity index is 728. The molecule has 3 rings (SSSR count). The fourth-order valence-corrected chi connectivity index (χ4v) is 4.63. The maximum atomic E-state index is 11.7. The third-order valence-corrected chi connectivity index (χ3v) is 6.24. The Morgan fingerprint density at radius 3 is 2.77 bits per heavy atom. The molecule has 2 heterocycles. The summed E-state index contributed by atoms with van der Waals surface area (Å²) < 4.78 is 25.0. The molecule has 1 atom stereocenters. The van der Waals surface area contributed by atoms with Crippen molar-refractivity contribution >= 4 is 21.4 Å². The van der Waals surface area contributed by atoms with Gasteiger partial charge in [-0.05, 0) is 18.4 Å². The van der Waals surface area contributed by atoms with E-state index in [1.807, 2.05) is 18.2 Å². The molecule has 5 nitrogen and oxygen atoms in total. The van der Waals surface area contributed by atoms with Crippen molar-refractivity contribution in [3.05, 3.63) is 45.9 Å². The molecule has 7 heteroatoms. The molecule has 1 aliphatic heterocycles. The number of rotatable bonds is 4. The van der Waals surface area contributed by atoms with E-state index in [0.717, 1.165) is 29.3 Å². The summed E-state index contributed by atoms with van der Waals surface area (Å²) in [5.41, 5.74) is 1.21. The molecule has 0 N–H and O–H groups in total. The van der Waals surface area contributed by atoms with Gasteiger partial charge in [-0.3, -0.25) is 0 Å². The van der Waals surface area contributed by atoms with Crippen molar-refractivity contribution in [2.45, 2.75) is 25.2 Å². The van der Waals surface area contributed by atoms with Crippen LogP contribution in [0.15, 0.2) is 30.3 Å². The quantitative estimate of drug-likeness (QED) is 0.858. The molecule has 0 spiro atoms. The molecule has 2 aromatic rings. The molecule has 0 aliphatic carbocycles. The summed E-state index contributed by atoms with van der Waals surface area (Å²) >= 11 is 1.60. The fourth-order valence-electron chi connectivity index (χ4n) is 2.72. The van der Waals surface area contributed by atoms with E-state index < -0.39 is 10.0 Å². The first-order valence-corrected chi connectivity index (χ1v) is 10.00. The van der Waals surface area contributed by atoms with Gasteiger partial charge in [-0.1, -0.05) is 30.3 Å². The van der Waals surface area contributed by atoms with Crippen LogP contribution in [0.1, 0.15) is 34.3 Å². The average molecular weight is 337 g/mol. The monoisotopic (exact) mass is 337 g/mol. The molecule has 1 aliphatic rings. The Kier molecular flexibility index (Phi) is 4.56. The number of hydrogen-bond acceptors (Lipinski definition) is 5. The van der Waals surface area contributed by atoms with Crippen LogP contribution in [0.25, 0.3) is 0 Å². The first kappa shape index (κ1) is 15.6. The largest absolute Gasteiger partial charge is 0.213 e. The Labute approximate surface area is 135 Å². The summed E-state index contributed by atoms with van der Waals surface area (Å²) in [7, 11) is -3.12. The SMILES string of the molecule is CS(=O)(=O)N1CCC[C@@H](c2nnc(Cc3ccccc3)s2)C1. The predicted molar refractivity (Wildman–Crippen MR) is 87.5 cm³/mol. The Hall–Kier alpha value is -1.31. The predicted octanol–water partition coefficient (Wildman–Crippen LogP) is 2.27. The summed E-state index contributed by atoms with van der Waals surface area (Å²) in [4.78, 5) is 0. The lowest BCUT2D eigenvalue weighted by atomic mass is 10.0. The zero-order chi connectivity index (χ0) is 15.6. The smallest absolute Gasteiger partial charge is 0.211 e. The highest BCUT2D eigenvalue weighted by molar-refractivity contribution is 7.88. The number of sulfonamides is 1. The van der Waals surface area contributed by atoms with Crippen molar-refractivity contribution < 1.29 is 8.42 Å². The highest BCUT2D eigenvalue weighted by Gasteiger charge is 2.28. The number of hydrogen-bond donors (Lipinski definition) is 0. The molecule has 118 valence electrons. The number of piperidine rings is 1. The van der Waals surface area contributed by atoms with Crippen LogP contribution in [0.4, 0.5) is 0 Å². The maximum Gasteiger partial charge on any atom is 0.211 e. The Morgan fingerprint density at radius 1 is 1.27 bits per heavy atom. The van der Waals surface area contributed by atoms with Crippen LogP contribution in [-0.2, 0) is 16.4 Å². The number of nitrogens with zero attached hydrogens (tertiary/aromatic N) is 3.